The standard InChI is InChI=1S/C18H24N6/c1-2-4-15(5-3-1)13-23-8-9-24-17(14-23)10-16(22-24)11-21-18-12-19-6-7-20-18/h4,6-7,10,12H,1-3,5,8-9,11,13-14H2,(H,20,21). The Bertz CT molecular complexity index is 706. The molecule has 2 aliphatic rings. The Morgan fingerprint density at radius 2 is 2.17 bits per heavy atom. The summed E-state index contributed by atoms with van der Waals surface area (Å²) in [5, 5.41) is 7.99. The lowest BCUT2D eigenvalue weighted by molar-refractivity contribution is 0.227. The van der Waals surface area contributed by atoms with Crippen molar-refractivity contribution in [3.05, 3.63) is 47.7 Å². The highest BCUT2D eigenvalue weighted by Gasteiger charge is 2.19. The van der Waals surface area contributed by atoms with Crippen molar-refractivity contribution in [2.45, 2.75) is 45.3 Å². The smallest absolute Gasteiger partial charge is 0.144 e. The van der Waals surface area contributed by atoms with Crippen LogP contribution in [0.15, 0.2) is 36.3 Å². The maximum Gasteiger partial charge on any atom is 0.144 e. The summed E-state index contributed by atoms with van der Waals surface area (Å²) < 4.78 is 2.15. The molecule has 126 valence electrons. The lowest BCUT2D eigenvalue weighted by Gasteiger charge is -2.29. The highest BCUT2D eigenvalue weighted by molar-refractivity contribution is 5.31. The van der Waals surface area contributed by atoms with E-state index < -0.39 is 0 Å². The molecule has 0 saturated carbocycles. The number of nitrogens with one attached hydrogen (secondary N) is 1. The molecule has 0 unspecified atom stereocenters. The predicted molar refractivity (Wildman–Crippen MR) is 93.4 cm³/mol. The number of allylic oxidation sites excluding steroid dienone is 1. The fourth-order valence-corrected chi connectivity index (χ4v) is 3.51. The third-order valence-corrected chi connectivity index (χ3v) is 4.75. The van der Waals surface area contributed by atoms with Crippen LogP contribution in [0.25, 0.3) is 0 Å². The highest BCUT2D eigenvalue weighted by Crippen LogP contribution is 2.21. The molecule has 0 saturated heterocycles. The fourth-order valence-electron chi connectivity index (χ4n) is 3.51. The Balaban J connectivity index is 1.36. The zero-order valence-corrected chi connectivity index (χ0v) is 14.0. The molecule has 1 N–H and O–H groups in total. The first-order valence-corrected chi connectivity index (χ1v) is 8.82. The number of aromatic nitrogens is 4. The van der Waals surface area contributed by atoms with Crippen LogP contribution in [-0.4, -0.2) is 37.7 Å². The highest BCUT2D eigenvalue weighted by atomic mass is 15.3. The maximum absolute atomic E-state index is 4.71. The molecule has 4 rings (SSSR count). The number of hydrogen-bond donors (Lipinski definition) is 1. The van der Waals surface area contributed by atoms with Gasteiger partial charge >= 0.3 is 0 Å². The molecular formula is C18H24N6. The molecule has 0 spiro atoms. The summed E-state index contributed by atoms with van der Waals surface area (Å²) in [6, 6.07) is 2.21. The molecule has 2 aromatic rings. The molecule has 1 aliphatic carbocycles. The largest absolute Gasteiger partial charge is 0.363 e. The van der Waals surface area contributed by atoms with Crippen molar-refractivity contribution in [1.29, 1.82) is 0 Å². The molecule has 0 bridgehead atoms. The van der Waals surface area contributed by atoms with Gasteiger partial charge in [0.15, 0.2) is 0 Å². The summed E-state index contributed by atoms with van der Waals surface area (Å²) in [6.45, 7) is 4.87. The quantitative estimate of drug-likeness (QED) is 0.857. The number of nitrogens with zero attached hydrogens (tertiary/aromatic N) is 5. The van der Waals surface area contributed by atoms with Crippen LogP contribution < -0.4 is 5.32 Å². The van der Waals surface area contributed by atoms with Gasteiger partial charge in [0.05, 0.1) is 30.7 Å². The third-order valence-electron chi connectivity index (χ3n) is 4.75. The average molecular weight is 324 g/mol. The molecule has 3 heterocycles. The van der Waals surface area contributed by atoms with E-state index in [1.54, 1.807) is 24.2 Å². The van der Waals surface area contributed by atoms with Crippen LogP contribution in [0, 0.1) is 0 Å². The Kier molecular flexibility index (Phi) is 4.55. The van der Waals surface area contributed by atoms with Crippen LogP contribution >= 0.6 is 0 Å². The van der Waals surface area contributed by atoms with Crippen LogP contribution in [0.5, 0.6) is 0 Å². The first kappa shape index (κ1) is 15.3. The van der Waals surface area contributed by atoms with E-state index >= 15 is 0 Å². The lowest BCUT2D eigenvalue weighted by atomic mass is 9.99. The second-order valence-electron chi connectivity index (χ2n) is 6.61. The van der Waals surface area contributed by atoms with Gasteiger partial charge < -0.3 is 5.32 Å². The molecular weight excluding hydrogens is 300 g/mol. The van der Waals surface area contributed by atoms with Crippen molar-refractivity contribution in [1.82, 2.24) is 24.6 Å². The van der Waals surface area contributed by atoms with Gasteiger partial charge in [0.2, 0.25) is 0 Å². The van der Waals surface area contributed by atoms with E-state index in [2.05, 4.69) is 37.0 Å². The van der Waals surface area contributed by atoms with Gasteiger partial charge in [-0.2, -0.15) is 5.10 Å². The van der Waals surface area contributed by atoms with E-state index in [0.29, 0.717) is 6.54 Å². The van der Waals surface area contributed by atoms with Crippen LogP contribution in [0.4, 0.5) is 5.82 Å². The number of fused-ring (bicyclic) bond motifs is 1. The molecule has 0 atom stereocenters. The van der Waals surface area contributed by atoms with Crippen molar-refractivity contribution < 1.29 is 0 Å². The first-order chi connectivity index (χ1) is 11.9. The molecule has 6 nitrogen and oxygen atoms in total. The van der Waals surface area contributed by atoms with Gasteiger partial charge in [-0.15, -0.1) is 0 Å². The third kappa shape index (κ3) is 3.64. The Hall–Kier alpha value is -2.21. The Morgan fingerprint density at radius 3 is 3.00 bits per heavy atom. The molecule has 24 heavy (non-hydrogen) atoms. The van der Waals surface area contributed by atoms with Gasteiger partial charge in [-0.05, 0) is 31.7 Å². The number of anilines is 1. The summed E-state index contributed by atoms with van der Waals surface area (Å²) in [5.41, 5.74) is 4.00. The van der Waals surface area contributed by atoms with E-state index in [4.69, 9.17) is 5.10 Å². The molecule has 0 amide bonds. The monoisotopic (exact) mass is 324 g/mol. The zero-order chi connectivity index (χ0) is 16.2. The van der Waals surface area contributed by atoms with Gasteiger partial charge in [0.1, 0.15) is 5.82 Å². The topological polar surface area (TPSA) is 58.9 Å². The maximum atomic E-state index is 4.71. The van der Waals surface area contributed by atoms with Crippen molar-refractivity contribution in [2.75, 3.05) is 18.4 Å². The minimum Gasteiger partial charge on any atom is -0.363 e. The predicted octanol–water partition coefficient (Wildman–Crippen LogP) is 2.60. The summed E-state index contributed by atoms with van der Waals surface area (Å²) in [4.78, 5) is 10.8. The number of hydrogen-bond acceptors (Lipinski definition) is 5. The van der Waals surface area contributed by atoms with Crippen molar-refractivity contribution in [2.24, 2.45) is 0 Å². The minimum atomic E-state index is 0.684. The molecule has 1 aliphatic heterocycles. The van der Waals surface area contributed by atoms with Crippen molar-refractivity contribution in [3.63, 3.8) is 0 Å². The molecule has 0 fully saturated rings. The summed E-state index contributed by atoms with van der Waals surface area (Å²) >= 11 is 0. The van der Waals surface area contributed by atoms with Crippen molar-refractivity contribution in [3.8, 4) is 0 Å². The summed E-state index contributed by atoms with van der Waals surface area (Å²) in [5.74, 6) is 0.786. The zero-order valence-electron chi connectivity index (χ0n) is 14.0. The van der Waals surface area contributed by atoms with E-state index in [1.165, 1.54) is 31.4 Å². The van der Waals surface area contributed by atoms with Crippen LogP contribution in [-0.2, 0) is 19.6 Å². The van der Waals surface area contributed by atoms with Crippen LogP contribution in [0.1, 0.15) is 37.1 Å². The minimum absolute atomic E-state index is 0.684. The second kappa shape index (κ2) is 7.13. The summed E-state index contributed by atoms with van der Waals surface area (Å²) in [6.07, 6.45) is 12.8. The van der Waals surface area contributed by atoms with Gasteiger partial charge in [-0.1, -0.05) is 11.6 Å². The first-order valence-electron chi connectivity index (χ1n) is 8.82. The van der Waals surface area contributed by atoms with Gasteiger partial charge in [0, 0.05) is 32.0 Å². The lowest BCUT2D eigenvalue weighted by Crippen LogP contribution is -2.35. The SMILES string of the molecule is C1=C(CN2CCn3nc(CNc4cnccn4)cc3C2)CCCC1. The molecule has 0 radical (unpaired) electrons. The summed E-state index contributed by atoms with van der Waals surface area (Å²) in [7, 11) is 0. The van der Waals surface area contributed by atoms with E-state index in [0.717, 1.165) is 37.7 Å². The molecule has 2 aromatic heterocycles. The molecule has 6 heteroatoms. The van der Waals surface area contributed by atoms with Gasteiger partial charge in [-0.25, -0.2) is 4.98 Å². The Morgan fingerprint density at radius 1 is 1.17 bits per heavy atom. The molecule has 0 aromatic carbocycles. The van der Waals surface area contributed by atoms with E-state index in [1.807, 2.05) is 0 Å². The second-order valence-corrected chi connectivity index (χ2v) is 6.61. The van der Waals surface area contributed by atoms with E-state index in [9.17, 15) is 0 Å². The number of rotatable bonds is 5. The van der Waals surface area contributed by atoms with Crippen molar-refractivity contribution >= 4 is 5.82 Å². The van der Waals surface area contributed by atoms with Gasteiger partial charge in [-0.3, -0.25) is 14.6 Å². The van der Waals surface area contributed by atoms with E-state index in [-0.39, 0.29) is 0 Å². The van der Waals surface area contributed by atoms with Crippen LogP contribution in [0.2, 0.25) is 0 Å². The Labute approximate surface area is 142 Å². The van der Waals surface area contributed by atoms with Gasteiger partial charge in [0.25, 0.3) is 0 Å². The average Bonchev–Trinajstić information content (AvgIpc) is 3.04. The van der Waals surface area contributed by atoms with Crippen LogP contribution in [0.3, 0.4) is 0 Å². The normalized spacial score (nSPS) is 18.1. The fraction of sp³-hybridized carbons (Fsp3) is 0.500.